The highest BCUT2D eigenvalue weighted by atomic mass is 16.2. The molecule has 2 rings (SSSR count). The summed E-state index contributed by atoms with van der Waals surface area (Å²) in [7, 11) is 1.71. The van der Waals surface area contributed by atoms with Gasteiger partial charge in [-0.25, -0.2) is 9.89 Å². The lowest BCUT2D eigenvalue weighted by Gasteiger charge is -2.35. The van der Waals surface area contributed by atoms with E-state index >= 15 is 0 Å². The standard InChI is InChI=1S/C10H17N5O2/c1-15(5-8-12-10(17)14-13-8)9(16)7-2-6(3-7)4-11/h6-7H,2-5,11H2,1H3,(H2,12,13,14,17). The molecule has 1 saturated carbocycles. The van der Waals surface area contributed by atoms with Crippen LogP contribution in [0.3, 0.4) is 0 Å². The average molecular weight is 239 g/mol. The maximum Gasteiger partial charge on any atom is 0.340 e. The molecular formula is C10H17N5O2. The van der Waals surface area contributed by atoms with E-state index in [0.717, 1.165) is 12.8 Å². The highest BCUT2D eigenvalue weighted by molar-refractivity contribution is 5.79. The Morgan fingerprint density at radius 2 is 2.29 bits per heavy atom. The van der Waals surface area contributed by atoms with Gasteiger partial charge >= 0.3 is 5.69 Å². The van der Waals surface area contributed by atoms with Crippen LogP contribution in [-0.4, -0.2) is 39.6 Å². The van der Waals surface area contributed by atoms with Gasteiger partial charge in [-0.2, -0.15) is 5.10 Å². The number of nitrogens with one attached hydrogen (secondary N) is 2. The minimum Gasteiger partial charge on any atom is -0.338 e. The Bertz CT molecular complexity index is 446. The molecule has 7 heteroatoms. The van der Waals surface area contributed by atoms with Gasteiger partial charge in [-0.15, -0.1) is 0 Å². The van der Waals surface area contributed by atoms with E-state index in [2.05, 4.69) is 15.2 Å². The maximum absolute atomic E-state index is 12.0. The number of aromatic nitrogens is 3. The van der Waals surface area contributed by atoms with Gasteiger partial charge in [0.2, 0.25) is 5.91 Å². The highest BCUT2D eigenvalue weighted by Gasteiger charge is 2.35. The van der Waals surface area contributed by atoms with Crippen molar-refractivity contribution in [2.75, 3.05) is 13.6 Å². The van der Waals surface area contributed by atoms with Crippen molar-refractivity contribution in [3.63, 3.8) is 0 Å². The van der Waals surface area contributed by atoms with Crippen LogP contribution < -0.4 is 11.4 Å². The number of amides is 1. The van der Waals surface area contributed by atoms with Gasteiger partial charge in [-0.1, -0.05) is 0 Å². The number of carbonyl (C=O) groups excluding carboxylic acids is 1. The number of rotatable bonds is 4. The van der Waals surface area contributed by atoms with E-state index in [1.807, 2.05) is 0 Å². The summed E-state index contributed by atoms with van der Waals surface area (Å²) in [6.45, 7) is 0.974. The summed E-state index contributed by atoms with van der Waals surface area (Å²) in [6, 6.07) is 0. The summed E-state index contributed by atoms with van der Waals surface area (Å²) >= 11 is 0. The molecule has 1 aromatic heterocycles. The second kappa shape index (κ2) is 4.70. The van der Waals surface area contributed by atoms with Crippen LogP contribution in [0.4, 0.5) is 0 Å². The van der Waals surface area contributed by atoms with E-state index in [4.69, 9.17) is 5.73 Å². The van der Waals surface area contributed by atoms with Crippen LogP contribution in [0, 0.1) is 11.8 Å². The Labute approximate surface area is 98.4 Å². The van der Waals surface area contributed by atoms with Crippen molar-refractivity contribution in [1.29, 1.82) is 0 Å². The summed E-state index contributed by atoms with van der Waals surface area (Å²) < 4.78 is 0. The second-order valence-corrected chi connectivity index (χ2v) is 4.59. The largest absolute Gasteiger partial charge is 0.340 e. The molecule has 0 bridgehead atoms. The first-order chi connectivity index (χ1) is 8.10. The summed E-state index contributed by atoms with van der Waals surface area (Å²) in [5.74, 6) is 1.14. The predicted octanol–water partition coefficient (Wildman–Crippen LogP) is -0.959. The number of carbonyl (C=O) groups is 1. The molecule has 0 radical (unpaired) electrons. The number of H-pyrrole nitrogens is 2. The van der Waals surface area contributed by atoms with E-state index in [-0.39, 0.29) is 17.5 Å². The second-order valence-electron chi connectivity index (χ2n) is 4.59. The fourth-order valence-corrected chi connectivity index (χ4v) is 2.12. The molecule has 1 fully saturated rings. The summed E-state index contributed by atoms with van der Waals surface area (Å²) in [5.41, 5.74) is 5.17. The third-order valence-corrected chi connectivity index (χ3v) is 3.23. The van der Waals surface area contributed by atoms with Crippen LogP contribution in [0.25, 0.3) is 0 Å². The lowest BCUT2D eigenvalue weighted by atomic mass is 9.74. The molecule has 1 aromatic rings. The normalized spacial score (nSPS) is 23.2. The monoisotopic (exact) mass is 239 g/mol. The zero-order chi connectivity index (χ0) is 12.4. The Balaban J connectivity index is 1.86. The van der Waals surface area contributed by atoms with E-state index in [9.17, 15) is 9.59 Å². The third kappa shape index (κ3) is 2.55. The molecule has 0 aromatic carbocycles. The maximum atomic E-state index is 12.0. The smallest absolute Gasteiger partial charge is 0.338 e. The first-order valence-corrected chi connectivity index (χ1v) is 5.68. The minimum absolute atomic E-state index is 0.0826. The Morgan fingerprint density at radius 3 is 2.82 bits per heavy atom. The molecule has 0 aliphatic heterocycles. The molecule has 1 heterocycles. The third-order valence-electron chi connectivity index (χ3n) is 3.23. The van der Waals surface area contributed by atoms with Gasteiger partial charge in [0, 0.05) is 13.0 Å². The van der Waals surface area contributed by atoms with Crippen LogP contribution in [0.15, 0.2) is 4.79 Å². The van der Waals surface area contributed by atoms with Crippen LogP contribution in [0.1, 0.15) is 18.7 Å². The zero-order valence-corrected chi connectivity index (χ0v) is 9.77. The predicted molar refractivity (Wildman–Crippen MR) is 61.0 cm³/mol. The lowest BCUT2D eigenvalue weighted by molar-refractivity contribution is -0.139. The molecule has 1 amide bonds. The molecular weight excluding hydrogens is 222 g/mol. The number of hydrogen-bond donors (Lipinski definition) is 3. The van der Waals surface area contributed by atoms with Gasteiger partial charge in [-0.3, -0.25) is 9.78 Å². The number of aromatic amines is 2. The number of hydrogen-bond acceptors (Lipinski definition) is 4. The van der Waals surface area contributed by atoms with E-state index in [1.165, 1.54) is 0 Å². The molecule has 0 spiro atoms. The fourth-order valence-electron chi connectivity index (χ4n) is 2.12. The Hall–Kier alpha value is -1.63. The Kier molecular flexibility index (Phi) is 3.28. The first-order valence-electron chi connectivity index (χ1n) is 5.68. The lowest BCUT2D eigenvalue weighted by Crippen LogP contribution is -2.41. The van der Waals surface area contributed by atoms with Crippen molar-refractivity contribution in [3.8, 4) is 0 Å². The van der Waals surface area contributed by atoms with E-state index in [1.54, 1.807) is 11.9 Å². The van der Waals surface area contributed by atoms with Gasteiger partial charge in [0.1, 0.15) is 0 Å². The van der Waals surface area contributed by atoms with Gasteiger partial charge in [0.05, 0.1) is 6.54 Å². The van der Waals surface area contributed by atoms with Gasteiger partial charge < -0.3 is 10.6 Å². The molecule has 17 heavy (non-hydrogen) atoms. The average Bonchev–Trinajstić information content (AvgIpc) is 2.62. The molecule has 0 atom stereocenters. The van der Waals surface area contributed by atoms with Crippen molar-refractivity contribution >= 4 is 5.91 Å². The van der Waals surface area contributed by atoms with Crippen molar-refractivity contribution in [1.82, 2.24) is 20.1 Å². The van der Waals surface area contributed by atoms with E-state index < -0.39 is 0 Å². The van der Waals surface area contributed by atoms with Crippen LogP contribution in [-0.2, 0) is 11.3 Å². The molecule has 0 unspecified atom stereocenters. The molecule has 7 nitrogen and oxygen atoms in total. The van der Waals surface area contributed by atoms with Crippen molar-refractivity contribution in [3.05, 3.63) is 16.3 Å². The molecule has 94 valence electrons. The van der Waals surface area contributed by atoms with Gasteiger partial charge in [-0.05, 0) is 25.3 Å². The van der Waals surface area contributed by atoms with Crippen LogP contribution in [0.2, 0.25) is 0 Å². The summed E-state index contributed by atoms with van der Waals surface area (Å²) in [6.07, 6.45) is 1.74. The number of nitrogens with two attached hydrogens (primary N) is 1. The van der Waals surface area contributed by atoms with Crippen molar-refractivity contribution in [2.24, 2.45) is 17.6 Å². The summed E-state index contributed by atoms with van der Waals surface area (Å²) in [5, 5.41) is 6.04. The quantitative estimate of drug-likeness (QED) is 0.629. The zero-order valence-electron chi connectivity index (χ0n) is 9.77. The van der Waals surface area contributed by atoms with Crippen LogP contribution >= 0.6 is 0 Å². The molecule has 1 aliphatic rings. The van der Waals surface area contributed by atoms with Crippen molar-refractivity contribution in [2.45, 2.75) is 19.4 Å². The highest BCUT2D eigenvalue weighted by Crippen LogP contribution is 2.34. The molecule has 0 saturated heterocycles. The van der Waals surface area contributed by atoms with Gasteiger partial charge in [0.25, 0.3) is 0 Å². The Morgan fingerprint density at radius 1 is 1.59 bits per heavy atom. The molecule has 4 N–H and O–H groups in total. The van der Waals surface area contributed by atoms with Crippen molar-refractivity contribution < 1.29 is 4.79 Å². The first kappa shape index (κ1) is 11.8. The van der Waals surface area contributed by atoms with Gasteiger partial charge in [0.15, 0.2) is 5.82 Å². The summed E-state index contributed by atoms with van der Waals surface area (Å²) in [4.78, 5) is 26.9. The fraction of sp³-hybridized carbons (Fsp3) is 0.700. The van der Waals surface area contributed by atoms with Crippen LogP contribution in [0.5, 0.6) is 0 Å². The molecule has 1 aliphatic carbocycles. The minimum atomic E-state index is -0.354. The van der Waals surface area contributed by atoms with E-state index in [0.29, 0.717) is 24.8 Å². The SMILES string of the molecule is CN(Cc1n[nH]c(=O)[nH]1)C(=O)C1CC(CN)C1. The number of nitrogens with zero attached hydrogens (tertiary/aromatic N) is 2. The topological polar surface area (TPSA) is 108 Å².